The Hall–Kier alpha value is -5.28. The summed E-state index contributed by atoms with van der Waals surface area (Å²) in [6, 6.07) is 27.4. The number of ether oxygens (including phenoxy) is 8. The first-order valence-corrected chi connectivity index (χ1v) is 23.2. The molecule has 0 unspecified atom stereocenters. The lowest BCUT2D eigenvalue weighted by Crippen LogP contribution is -2.15. The van der Waals surface area contributed by atoms with Crippen molar-refractivity contribution in [1.29, 1.82) is 0 Å². The average molecular weight is 845 g/mol. The molecule has 0 atom stereocenters. The van der Waals surface area contributed by atoms with Crippen molar-refractivity contribution in [1.82, 2.24) is 0 Å². The van der Waals surface area contributed by atoms with Gasteiger partial charge in [0.1, 0.15) is 37.9 Å². The summed E-state index contributed by atoms with van der Waals surface area (Å²) in [5, 5.41) is 0. The number of hydrogen-bond acceptors (Lipinski definition) is 8. The monoisotopic (exact) mass is 844 g/mol. The van der Waals surface area contributed by atoms with Gasteiger partial charge in [-0.2, -0.15) is 0 Å². The van der Waals surface area contributed by atoms with Gasteiger partial charge in [-0.25, -0.2) is 0 Å². The second-order valence-electron chi connectivity index (χ2n) is 15.4. The fraction of sp³-hybridized carbons (Fsp3) is 0.481. The molecular weight excluding hydrogens is 777 g/mol. The third-order valence-electron chi connectivity index (χ3n) is 10.3. The van der Waals surface area contributed by atoms with Crippen LogP contribution in [0.4, 0.5) is 0 Å². The molecule has 0 radical (unpaired) electrons. The molecule has 62 heavy (non-hydrogen) atoms. The molecule has 4 aromatic carbocycles. The summed E-state index contributed by atoms with van der Waals surface area (Å²) in [5.74, 6) is 17.5. The summed E-state index contributed by atoms with van der Waals surface area (Å²) < 4.78 is 48.8. The zero-order valence-electron chi connectivity index (χ0n) is 37.3. The Balaban J connectivity index is 1.34. The van der Waals surface area contributed by atoms with Crippen LogP contribution in [0.5, 0.6) is 34.5 Å². The predicted molar refractivity (Wildman–Crippen MR) is 248 cm³/mol. The van der Waals surface area contributed by atoms with Crippen molar-refractivity contribution in [3.63, 3.8) is 0 Å². The molecule has 8 nitrogen and oxygen atoms in total. The molecule has 1 heterocycles. The van der Waals surface area contributed by atoms with E-state index in [2.05, 4.69) is 37.5 Å². The number of para-hydroxylation sites is 2. The zero-order chi connectivity index (χ0) is 43.1. The van der Waals surface area contributed by atoms with Crippen LogP contribution in [0.1, 0.15) is 126 Å². The van der Waals surface area contributed by atoms with Crippen LogP contribution in [0.2, 0.25) is 0 Å². The van der Waals surface area contributed by atoms with Crippen molar-refractivity contribution in [3.8, 4) is 58.2 Å². The van der Waals surface area contributed by atoms with Crippen LogP contribution in [0, 0.1) is 23.7 Å². The molecule has 0 N–H and O–H groups in total. The quantitative estimate of drug-likeness (QED) is 0.0724. The highest BCUT2D eigenvalue weighted by Gasteiger charge is 2.13. The van der Waals surface area contributed by atoms with Gasteiger partial charge in [0.15, 0.2) is 23.0 Å². The Morgan fingerprint density at radius 1 is 0.387 bits per heavy atom. The number of rotatable bonds is 18. The van der Waals surface area contributed by atoms with Gasteiger partial charge in [0.05, 0.1) is 50.8 Å². The van der Waals surface area contributed by atoms with E-state index in [-0.39, 0.29) is 0 Å². The van der Waals surface area contributed by atoms with E-state index >= 15 is 0 Å². The second kappa shape index (κ2) is 29.9. The molecule has 4 aromatic rings. The summed E-state index contributed by atoms with van der Waals surface area (Å²) in [6.07, 6.45) is 16.9. The third kappa shape index (κ3) is 18.4. The van der Waals surface area contributed by atoms with Gasteiger partial charge in [-0.3, -0.25) is 0 Å². The molecule has 8 heteroatoms. The Morgan fingerprint density at radius 2 is 0.806 bits per heavy atom. The lowest BCUT2D eigenvalue weighted by molar-refractivity contribution is 0.0640. The normalized spacial score (nSPS) is 13.3. The molecule has 0 bridgehead atoms. The second-order valence-corrected chi connectivity index (χ2v) is 15.4. The van der Waals surface area contributed by atoms with Crippen molar-refractivity contribution in [2.45, 2.75) is 104 Å². The summed E-state index contributed by atoms with van der Waals surface area (Å²) in [7, 11) is 0. The van der Waals surface area contributed by atoms with Gasteiger partial charge >= 0.3 is 0 Å². The molecular formula is C54H68O8. The van der Waals surface area contributed by atoms with E-state index in [0.29, 0.717) is 101 Å². The van der Waals surface area contributed by atoms with Crippen LogP contribution >= 0.6 is 0 Å². The zero-order valence-corrected chi connectivity index (χ0v) is 37.3. The van der Waals surface area contributed by atoms with E-state index in [1.54, 1.807) is 0 Å². The molecule has 0 fully saturated rings. The summed E-state index contributed by atoms with van der Waals surface area (Å²) in [4.78, 5) is 0. The summed E-state index contributed by atoms with van der Waals surface area (Å²) in [6.45, 7) is 8.75. The van der Waals surface area contributed by atoms with Crippen molar-refractivity contribution < 1.29 is 37.9 Å². The summed E-state index contributed by atoms with van der Waals surface area (Å²) in [5.41, 5.74) is 3.26. The van der Waals surface area contributed by atoms with E-state index < -0.39 is 0 Å². The molecule has 0 saturated heterocycles. The lowest BCUT2D eigenvalue weighted by Gasteiger charge is -2.15. The highest BCUT2D eigenvalue weighted by atomic mass is 16.6. The first kappa shape index (κ1) is 47.8. The largest absolute Gasteiger partial charge is 0.492 e. The first-order valence-electron chi connectivity index (χ1n) is 23.2. The SMILES string of the molecule is CCCCCCCCCCOc1cc(C#Cc2ccccc2)c(OCCCCCCCC)cc1C#Cc1ccc2c(c1)OCCOCCOc1ccccc1OCCOCCO2. The van der Waals surface area contributed by atoms with E-state index in [9.17, 15) is 0 Å². The van der Waals surface area contributed by atoms with Gasteiger partial charge in [0.2, 0.25) is 0 Å². The van der Waals surface area contributed by atoms with E-state index in [1.165, 1.54) is 64.2 Å². The van der Waals surface area contributed by atoms with Crippen molar-refractivity contribution in [2.75, 3.05) is 66.1 Å². The third-order valence-corrected chi connectivity index (χ3v) is 10.3. The van der Waals surface area contributed by atoms with Crippen LogP contribution in [-0.4, -0.2) is 66.1 Å². The molecule has 332 valence electrons. The molecule has 0 aromatic heterocycles. The van der Waals surface area contributed by atoms with Gasteiger partial charge in [0.25, 0.3) is 0 Å². The van der Waals surface area contributed by atoms with E-state index in [1.807, 2.05) is 84.9 Å². The first-order chi connectivity index (χ1) is 30.7. The van der Waals surface area contributed by atoms with Crippen LogP contribution in [0.3, 0.4) is 0 Å². The highest BCUT2D eigenvalue weighted by Crippen LogP contribution is 2.31. The minimum absolute atomic E-state index is 0.324. The molecule has 1 aliphatic rings. The molecule has 0 spiro atoms. The molecule has 1 aliphatic heterocycles. The average Bonchev–Trinajstić information content (AvgIpc) is 3.30. The smallest absolute Gasteiger partial charge is 0.162 e. The van der Waals surface area contributed by atoms with Crippen LogP contribution in [-0.2, 0) is 9.47 Å². The van der Waals surface area contributed by atoms with E-state index in [0.717, 1.165) is 47.9 Å². The van der Waals surface area contributed by atoms with Gasteiger partial charge < -0.3 is 37.9 Å². The Labute approximate surface area is 371 Å². The van der Waals surface area contributed by atoms with Gasteiger partial charge in [-0.05, 0) is 55.3 Å². The number of unbranched alkanes of at least 4 members (excludes halogenated alkanes) is 12. The maximum Gasteiger partial charge on any atom is 0.162 e. The van der Waals surface area contributed by atoms with Gasteiger partial charge in [-0.15, -0.1) is 0 Å². The van der Waals surface area contributed by atoms with Crippen LogP contribution < -0.4 is 28.4 Å². The van der Waals surface area contributed by atoms with Crippen LogP contribution in [0.25, 0.3) is 0 Å². The van der Waals surface area contributed by atoms with Crippen LogP contribution in [0.15, 0.2) is 84.9 Å². The molecule has 0 amide bonds. The fourth-order valence-corrected chi connectivity index (χ4v) is 6.83. The highest BCUT2D eigenvalue weighted by molar-refractivity contribution is 5.61. The van der Waals surface area contributed by atoms with Crippen molar-refractivity contribution in [3.05, 3.63) is 107 Å². The molecule has 5 rings (SSSR count). The number of benzene rings is 4. The maximum atomic E-state index is 6.52. The summed E-state index contributed by atoms with van der Waals surface area (Å²) >= 11 is 0. The minimum Gasteiger partial charge on any atom is -0.492 e. The topological polar surface area (TPSA) is 73.8 Å². The Bertz CT molecular complexity index is 1970. The number of hydrogen-bond donors (Lipinski definition) is 0. The van der Waals surface area contributed by atoms with Gasteiger partial charge in [-0.1, -0.05) is 145 Å². The fourth-order valence-electron chi connectivity index (χ4n) is 6.83. The number of fused-ring (bicyclic) bond motifs is 2. The Morgan fingerprint density at radius 3 is 1.31 bits per heavy atom. The van der Waals surface area contributed by atoms with Crippen molar-refractivity contribution in [2.24, 2.45) is 0 Å². The maximum absolute atomic E-state index is 6.52. The van der Waals surface area contributed by atoms with Crippen molar-refractivity contribution >= 4 is 0 Å². The molecule has 0 saturated carbocycles. The van der Waals surface area contributed by atoms with Gasteiger partial charge in [0, 0.05) is 23.3 Å². The predicted octanol–water partition coefficient (Wildman–Crippen LogP) is 12.0. The van der Waals surface area contributed by atoms with E-state index in [4.69, 9.17) is 37.9 Å². The minimum atomic E-state index is 0.324. The molecule has 0 aliphatic carbocycles. The standard InChI is InChI=1S/C54H68O8/c1-3-5-7-9-11-12-14-21-33-58-53-43-47(29-26-45-22-16-15-17-23-45)52(57-32-20-13-10-8-6-4-2)44-48(53)30-27-46-28-31-51-54(42-46)62-41-37-56-35-39-60-50-25-19-18-24-49(50)59-38-34-55-36-40-61-51/h15-19,22-25,28,31,42-44H,3-14,20-21,32-41H2,1-2H3. The Kier molecular flexibility index (Phi) is 23.0. The lowest BCUT2D eigenvalue weighted by atomic mass is 10.1.